The van der Waals surface area contributed by atoms with Crippen LogP contribution in [0.2, 0.25) is 0 Å². The normalized spacial score (nSPS) is 13.6. The van der Waals surface area contributed by atoms with Crippen LogP contribution in [0.1, 0.15) is 0 Å². The number of aliphatic hydroxyl groups excluding tert-OH is 1. The van der Waals surface area contributed by atoms with Crippen molar-refractivity contribution in [3.05, 3.63) is 0 Å². The van der Waals surface area contributed by atoms with Crippen LogP contribution in [0.15, 0.2) is 0 Å². The van der Waals surface area contributed by atoms with Gasteiger partial charge in [0.1, 0.15) is 0 Å². The minimum atomic E-state index is -4.48. The van der Waals surface area contributed by atoms with Gasteiger partial charge in [-0.1, -0.05) is 0 Å². The maximum atomic E-state index is 10.5. The van der Waals surface area contributed by atoms with Crippen LogP contribution in [0, 0.1) is 0 Å². The van der Waals surface area contributed by atoms with Gasteiger partial charge in [-0.15, -0.1) is 0 Å². The smallest absolute Gasteiger partial charge is 0.735 e. The van der Waals surface area contributed by atoms with Crippen molar-refractivity contribution >= 4 is 10.3 Å². The molecule has 92 valence electrons. The van der Waals surface area contributed by atoms with Gasteiger partial charge in [-0.25, -0.2) is 12.7 Å². The third-order valence-electron chi connectivity index (χ3n) is 1.66. The van der Waals surface area contributed by atoms with Crippen LogP contribution in [0.5, 0.6) is 0 Å². The summed E-state index contributed by atoms with van der Waals surface area (Å²) in [6.07, 6.45) is -0.990. The maximum absolute atomic E-state index is 10.5. The van der Waals surface area contributed by atoms with Gasteiger partial charge in [-0.3, -0.25) is 0 Å². The Balaban J connectivity index is 0. The van der Waals surface area contributed by atoms with Crippen molar-refractivity contribution in [2.24, 2.45) is 0 Å². The van der Waals surface area contributed by atoms with Crippen LogP contribution in [0.4, 0.5) is 0 Å². The fourth-order valence-electron chi connectivity index (χ4n) is 0.834. The second-order valence-corrected chi connectivity index (χ2v) is 4.55. The van der Waals surface area contributed by atoms with E-state index < -0.39 is 16.4 Å². The van der Waals surface area contributed by atoms with Gasteiger partial charge < -0.3 is 19.7 Å². The van der Waals surface area contributed by atoms with Gasteiger partial charge in [-0.2, -0.15) is 0 Å². The molecule has 0 radical (unpaired) electrons. The molecule has 1 unspecified atom stereocenters. The van der Waals surface area contributed by atoms with E-state index in [0.29, 0.717) is 17.5 Å². The first kappa shape index (κ1) is 19.7. The molecule has 0 rings (SSSR count). The molecule has 0 aliphatic heterocycles. The molecule has 0 saturated carbocycles. The monoisotopic (exact) mass is 280 g/mol. The predicted octanol–water partition coefficient (Wildman–Crippen LogP) is -5.02. The predicted molar refractivity (Wildman–Crippen MR) is 53.1 cm³/mol. The minimum absolute atomic E-state index is 0. The van der Waals surface area contributed by atoms with E-state index in [1.165, 1.54) is 0 Å². The fourth-order valence-corrected chi connectivity index (χ4v) is 1.19. The summed E-state index contributed by atoms with van der Waals surface area (Å²) >= 11 is 0. The number of ether oxygens (including phenoxy) is 1. The minimum Gasteiger partial charge on any atom is -0.735 e. The molecule has 0 saturated heterocycles. The molecule has 0 fully saturated rings. The van der Waals surface area contributed by atoms with E-state index in [-0.39, 0.29) is 64.5 Å². The Morgan fingerprint density at radius 2 is 2.12 bits per heavy atom. The number of aliphatic hydroxyl groups is 1. The van der Waals surface area contributed by atoms with Crippen LogP contribution >= 0.6 is 0 Å². The van der Waals surface area contributed by atoms with Crippen molar-refractivity contribution < 1.29 is 74.2 Å². The maximum Gasteiger partial charge on any atom is 1.00 e. The molecule has 0 aromatic rings. The van der Waals surface area contributed by atoms with E-state index >= 15 is 0 Å². The average Bonchev–Trinajstić information content (AvgIpc) is 2.11. The first-order valence-electron chi connectivity index (χ1n) is 4.45. The first-order valence-corrected chi connectivity index (χ1v) is 5.82. The standard InChI is InChI=1S/C7H18N2O5S.K/c1-8-3-4-14-6-7(10)5-9(2)15(11,12)13;/h7-8,10H,3-6H2,1-2H3,(H,11,12,13);/q;+1/p-1. The van der Waals surface area contributed by atoms with Gasteiger partial charge in [0, 0.05) is 20.1 Å². The van der Waals surface area contributed by atoms with Crippen molar-refractivity contribution in [2.45, 2.75) is 6.10 Å². The number of hydrogen-bond donors (Lipinski definition) is 2. The Labute approximate surface area is 139 Å². The number of nitrogens with one attached hydrogen (secondary N) is 1. The average molecular weight is 280 g/mol. The third kappa shape index (κ3) is 10.5. The van der Waals surface area contributed by atoms with Crippen LogP contribution in [-0.2, 0) is 15.0 Å². The molecule has 0 amide bonds. The van der Waals surface area contributed by atoms with Crippen LogP contribution in [0.3, 0.4) is 0 Å². The van der Waals surface area contributed by atoms with E-state index in [1.807, 2.05) is 0 Å². The van der Waals surface area contributed by atoms with Gasteiger partial charge in [0.15, 0.2) is 10.3 Å². The zero-order chi connectivity index (χ0) is 11.9. The molecule has 1 atom stereocenters. The molecular formula is C7H17KN2O5S. The summed E-state index contributed by atoms with van der Waals surface area (Å²) in [6.45, 7) is 0.802. The second-order valence-electron chi connectivity index (χ2n) is 3.07. The molecule has 0 aliphatic carbocycles. The summed E-state index contributed by atoms with van der Waals surface area (Å²) < 4.78 is 36.9. The van der Waals surface area contributed by atoms with Crippen molar-refractivity contribution in [3.63, 3.8) is 0 Å². The van der Waals surface area contributed by atoms with E-state index in [1.54, 1.807) is 7.05 Å². The Hall–Kier alpha value is 1.39. The van der Waals surface area contributed by atoms with E-state index in [2.05, 4.69) is 5.32 Å². The molecule has 0 spiro atoms. The zero-order valence-electron chi connectivity index (χ0n) is 9.84. The van der Waals surface area contributed by atoms with Crippen LogP contribution < -0.4 is 56.7 Å². The Morgan fingerprint density at radius 3 is 2.56 bits per heavy atom. The number of likely N-dealkylation sites (N-methyl/N-ethyl adjacent to an activating group) is 2. The topological polar surface area (TPSA) is 102 Å². The summed E-state index contributed by atoms with van der Waals surface area (Å²) in [4.78, 5) is 0. The summed E-state index contributed by atoms with van der Waals surface area (Å²) in [5.41, 5.74) is 0. The molecule has 0 aromatic heterocycles. The van der Waals surface area contributed by atoms with Gasteiger partial charge in [0.25, 0.3) is 0 Å². The third-order valence-corrected chi connectivity index (χ3v) is 2.57. The fraction of sp³-hybridized carbons (Fsp3) is 1.00. The molecule has 16 heavy (non-hydrogen) atoms. The van der Waals surface area contributed by atoms with Gasteiger partial charge in [0.2, 0.25) is 0 Å². The van der Waals surface area contributed by atoms with Crippen molar-refractivity contribution in [1.29, 1.82) is 0 Å². The number of nitrogens with zero attached hydrogens (tertiary/aromatic N) is 1. The van der Waals surface area contributed by atoms with Crippen molar-refractivity contribution in [2.75, 3.05) is 40.4 Å². The SMILES string of the molecule is CNCCOCC(O)CN(C)S(=O)(=O)[O-].[K+]. The largest absolute Gasteiger partial charge is 1.00 e. The van der Waals surface area contributed by atoms with Gasteiger partial charge in [0.05, 0.1) is 19.3 Å². The van der Waals surface area contributed by atoms with E-state index in [4.69, 9.17) is 4.74 Å². The molecule has 0 aliphatic rings. The number of rotatable bonds is 8. The first-order chi connectivity index (χ1) is 6.88. The summed E-state index contributed by atoms with van der Waals surface area (Å²) in [7, 11) is -1.61. The van der Waals surface area contributed by atoms with Crippen molar-refractivity contribution in [1.82, 2.24) is 9.62 Å². The van der Waals surface area contributed by atoms with Crippen LogP contribution in [-0.4, -0.2) is 68.9 Å². The van der Waals surface area contributed by atoms with Gasteiger partial charge in [-0.05, 0) is 7.05 Å². The Bertz CT molecular complexity index is 262. The van der Waals surface area contributed by atoms with Crippen molar-refractivity contribution in [3.8, 4) is 0 Å². The summed E-state index contributed by atoms with van der Waals surface area (Å²) in [5, 5.41) is 12.1. The van der Waals surface area contributed by atoms with Crippen LogP contribution in [0.25, 0.3) is 0 Å². The molecular weight excluding hydrogens is 263 g/mol. The zero-order valence-corrected chi connectivity index (χ0v) is 13.8. The molecule has 2 N–H and O–H groups in total. The molecule has 0 heterocycles. The van der Waals surface area contributed by atoms with E-state index in [9.17, 15) is 18.1 Å². The molecule has 0 bridgehead atoms. The molecule has 9 heteroatoms. The molecule has 0 aromatic carbocycles. The quantitative estimate of drug-likeness (QED) is 0.262. The number of hydrogen-bond acceptors (Lipinski definition) is 6. The van der Waals surface area contributed by atoms with E-state index in [0.717, 1.165) is 7.05 Å². The van der Waals surface area contributed by atoms with Gasteiger partial charge >= 0.3 is 51.4 Å². The Kier molecular flexibility index (Phi) is 12.7. The Morgan fingerprint density at radius 1 is 1.56 bits per heavy atom. The second kappa shape index (κ2) is 10.3. The molecule has 7 nitrogen and oxygen atoms in total. The summed E-state index contributed by atoms with van der Waals surface area (Å²) in [5.74, 6) is 0. The summed E-state index contributed by atoms with van der Waals surface area (Å²) in [6, 6.07) is 0.